The first kappa shape index (κ1) is 13.4. The first-order valence-electron chi connectivity index (χ1n) is 5.89. The molecule has 1 N–H and O–H groups in total. The van der Waals surface area contributed by atoms with Gasteiger partial charge in [0, 0.05) is 31.0 Å². The lowest BCUT2D eigenvalue weighted by molar-refractivity contribution is -0.0261. The summed E-state index contributed by atoms with van der Waals surface area (Å²) < 4.78 is 5.72. The van der Waals surface area contributed by atoms with Crippen LogP contribution in [-0.4, -0.2) is 55.2 Å². The zero-order valence-corrected chi connectivity index (χ0v) is 11.4. The summed E-state index contributed by atoms with van der Waals surface area (Å²) in [6.45, 7) is 9.59. The zero-order valence-electron chi connectivity index (χ0n) is 9.84. The lowest BCUT2D eigenvalue weighted by atomic mass is 10.2. The molecular formula is C11H23BrN2O. The van der Waals surface area contributed by atoms with Crippen molar-refractivity contribution in [2.24, 2.45) is 0 Å². The molecule has 0 aromatic rings. The third-order valence-electron chi connectivity index (χ3n) is 2.91. The number of morpholine rings is 1. The highest BCUT2D eigenvalue weighted by Crippen LogP contribution is 2.04. The Balaban J connectivity index is 2.14. The van der Waals surface area contributed by atoms with Crippen molar-refractivity contribution in [1.29, 1.82) is 0 Å². The van der Waals surface area contributed by atoms with E-state index in [9.17, 15) is 0 Å². The van der Waals surface area contributed by atoms with E-state index in [0.29, 0.717) is 12.1 Å². The molecule has 1 aliphatic rings. The lowest BCUT2D eigenvalue weighted by Gasteiger charge is -2.32. The molecule has 0 aromatic carbocycles. The van der Waals surface area contributed by atoms with Crippen LogP contribution in [0, 0.1) is 0 Å². The van der Waals surface area contributed by atoms with E-state index in [1.54, 1.807) is 0 Å². The van der Waals surface area contributed by atoms with Crippen molar-refractivity contribution in [3.63, 3.8) is 0 Å². The van der Waals surface area contributed by atoms with Gasteiger partial charge >= 0.3 is 0 Å². The Kier molecular flexibility index (Phi) is 6.81. The van der Waals surface area contributed by atoms with E-state index in [1.165, 1.54) is 6.42 Å². The summed E-state index contributed by atoms with van der Waals surface area (Å²) >= 11 is 3.46. The van der Waals surface area contributed by atoms with Crippen LogP contribution in [0.15, 0.2) is 0 Å². The highest BCUT2D eigenvalue weighted by Gasteiger charge is 2.19. The van der Waals surface area contributed by atoms with Gasteiger partial charge < -0.3 is 10.1 Å². The summed E-state index contributed by atoms with van der Waals surface area (Å²) in [6.07, 6.45) is 1.54. The predicted octanol–water partition coefficient (Wildman–Crippen LogP) is 1.47. The number of hydrogen-bond acceptors (Lipinski definition) is 3. The number of halogens is 1. The van der Waals surface area contributed by atoms with Gasteiger partial charge in [-0.25, -0.2) is 0 Å². The Bertz CT molecular complexity index is 169. The van der Waals surface area contributed by atoms with E-state index in [2.05, 4.69) is 40.0 Å². The maximum atomic E-state index is 5.72. The average molecular weight is 279 g/mol. The maximum Gasteiger partial charge on any atom is 0.0826 e. The number of rotatable bonds is 6. The molecule has 1 saturated heterocycles. The Morgan fingerprint density at radius 2 is 2.40 bits per heavy atom. The monoisotopic (exact) mass is 278 g/mol. The molecular weight excluding hydrogens is 256 g/mol. The topological polar surface area (TPSA) is 24.5 Å². The quantitative estimate of drug-likeness (QED) is 0.745. The Morgan fingerprint density at radius 3 is 3.07 bits per heavy atom. The summed E-state index contributed by atoms with van der Waals surface area (Å²) in [6, 6.07) is 0.574. The van der Waals surface area contributed by atoms with Crippen LogP contribution in [0.5, 0.6) is 0 Å². The molecule has 1 aliphatic heterocycles. The van der Waals surface area contributed by atoms with Gasteiger partial charge in [0.1, 0.15) is 0 Å². The average Bonchev–Trinajstić information content (AvgIpc) is 2.27. The fourth-order valence-corrected chi connectivity index (χ4v) is 2.48. The first-order chi connectivity index (χ1) is 7.26. The van der Waals surface area contributed by atoms with Crippen molar-refractivity contribution in [3.8, 4) is 0 Å². The largest absolute Gasteiger partial charge is 0.374 e. The van der Waals surface area contributed by atoms with Gasteiger partial charge in [-0.15, -0.1) is 0 Å². The number of nitrogens with one attached hydrogen (secondary N) is 1. The van der Waals surface area contributed by atoms with Crippen molar-refractivity contribution >= 4 is 15.9 Å². The Morgan fingerprint density at radius 1 is 1.60 bits per heavy atom. The molecule has 0 aliphatic carbocycles. The van der Waals surface area contributed by atoms with E-state index < -0.39 is 0 Å². The SMILES string of the molecule is CCN1CCOC(CNC(C)CCBr)C1. The van der Waals surface area contributed by atoms with Crippen molar-refractivity contribution in [2.45, 2.75) is 32.4 Å². The van der Waals surface area contributed by atoms with Gasteiger partial charge in [0.2, 0.25) is 0 Å². The molecule has 0 saturated carbocycles. The van der Waals surface area contributed by atoms with Gasteiger partial charge in [0.25, 0.3) is 0 Å². The predicted molar refractivity (Wildman–Crippen MR) is 67.7 cm³/mol. The van der Waals surface area contributed by atoms with Crippen LogP contribution in [0.2, 0.25) is 0 Å². The van der Waals surface area contributed by atoms with Crippen molar-refractivity contribution in [3.05, 3.63) is 0 Å². The van der Waals surface area contributed by atoms with E-state index in [-0.39, 0.29) is 0 Å². The zero-order chi connectivity index (χ0) is 11.1. The Labute approximate surface area is 102 Å². The molecule has 1 heterocycles. The van der Waals surface area contributed by atoms with Crippen LogP contribution in [0.3, 0.4) is 0 Å². The maximum absolute atomic E-state index is 5.72. The van der Waals surface area contributed by atoms with Crippen LogP contribution in [0.25, 0.3) is 0 Å². The second-order valence-corrected chi connectivity index (χ2v) is 4.97. The first-order valence-corrected chi connectivity index (χ1v) is 7.01. The second-order valence-electron chi connectivity index (χ2n) is 4.17. The molecule has 0 aromatic heterocycles. The van der Waals surface area contributed by atoms with E-state index in [0.717, 1.165) is 38.1 Å². The number of likely N-dealkylation sites (N-methyl/N-ethyl adjacent to an activating group) is 1. The standard InChI is InChI=1S/C11H23BrN2O/c1-3-14-6-7-15-11(9-14)8-13-10(2)4-5-12/h10-11,13H,3-9H2,1-2H3. The van der Waals surface area contributed by atoms with Gasteiger partial charge in [0.05, 0.1) is 12.7 Å². The third-order valence-corrected chi connectivity index (χ3v) is 3.36. The van der Waals surface area contributed by atoms with Crippen molar-refractivity contribution in [1.82, 2.24) is 10.2 Å². The van der Waals surface area contributed by atoms with E-state index >= 15 is 0 Å². The number of ether oxygens (including phenoxy) is 1. The minimum absolute atomic E-state index is 0.372. The molecule has 0 amide bonds. The fourth-order valence-electron chi connectivity index (χ4n) is 1.79. The summed E-state index contributed by atoms with van der Waals surface area (Å²) in [5.41, 5.74) is 0. The van der Waals surface area contributed by atoms with Crippen molar-refractivity contribution < 1.29 is 4.74 Å². The van der Waals surface area contributed by atoms with Crippen LogP contribution < -0.4 is 5.32 Å². The molecule has 1 rings (SSSR count). The fraction of sp³-hybridized carbons (Fsp3) is 1.00. The normalized spacial score (nSPS) is 25.4. The summed E-state index contributed by atoms with van der Waals surface area (Å²) in [5, 5.41) is 4.58. The third kappa shape index (κ3) is 5.29. The number of alkyl halides is 1. The number of hydrogen-bond donors (Lipinski definition) is 1. The molecule has 1 fully saturated rings. The summed E-state index contributed by atoms with van der Waals surface area (Å²) in [4.78, 5) is 2.45. The lowest BCUT2D eigenvalue weighted by Crippen LogP contribution is -2.47. The minimum atomic E-state index is 0.372. The van der Waals surface area contributed by atoms with Crippen LogP contribution in [-0.2, 0) is 4.74 Å². The highest BCUT2D eigenvalue weighted by atomic mass is 79.9. The molecule has 0 spiro atoms. The molecule has 0 radical (unpaired) electrons. The van der Waals surface area contributed by atoms with Gasteiger partial charge in [0.15, 0.2) is 0 Å². The van der Waals surface area contributed by atoms with Gasteiger partial charge in [-0.3, -0.25) is 4.90 Å². The van der Waals surface area contributed by atoms with Gasteiger partial charge in [-0.05, 0) is 19.9 Å². The van der Waals surface area contributed by atoms with Gasteiger partial charge in [-0.2, -0.15) is 0 Å². The van der Waals surface area contributed by atoms with Crippen LogP contribution in [0.4, 0.5) is 0 Å². The van der Waals surface area contributed by atoms with Crippen LogP contribution >= 0.6 is 15.9 Å². The molecule has 2 atom stereocenters. The van der Waals surface area contributed by atoms with Crippen molar-refractivity contribution in [2.75, 3.05) is 38.1 Å². The molecule has 4 heteroatoms. The summed E-state index contributed by atoms with van der Waals surface area (Å²) in [5.74, 6) is 0. The smallest absolute Gasteiger partial charge is 0.0826 e. The minimum Gasteiger partial charge on any atom is -0.374 e. The molecule has 3 nitrogen and oxygen atoms in total. The van der Waals surface area contributed by atoms with E-state index in [1.807, 2.05) is 0 Å². The van der Waals surface area contributed by atoms with Gasteiger partial charge in [-0.1, -0.05) is 22.9 Å². The van der Waals surface area contributed by atoms with Crippen LogP contribution in [0.1, 0.15) is 20.3 Å². The molecule has 0 bridgehead atoms. The molecule has 15 heavy (non-hydrogen) atoms. The second kappa shape index (κ2) is 7.60. The van der Waals surface area contributed by atoms with E-state index in [4.69, 9.17) is 4.74 Å². The molecule has 90 valence electrons. The highest BCUT2D eigenvalue weighted by molar-refractivity contribution is 9.09. The summed E-state index contributed by atoms with van der Waals surface area (Å²) in [7, 11) is 0. The Hall–Kier alpha value is 0.360. The number of nitrogens with zero attached hydrogens (tertiary/aromatic N) is 1. The molecule has 2 unspecified atom stereocenters.